The Morgan fingerprint density at radius 1 is 1.18 bits per heavy atom. The smallest absolute Gasteiger partial charge is 0.146 e. The minimum atomic E-state index is -0.676. The fraction of sp³-hybridized carbons (Fsp3) is 0.0909. The van der Waals surface area contributed by atoms with Gasteiger partial charge in [0.1, 0.15) is 5.82 Å². The standard InChI is InChI=1S/C11H7Cl3FNS/c12-7-3-1-2-5(9(7)15)10(16)6-4-8(13)17-11(6)14/h1-4,10H,16H2. The Morgan fingerprint density at radius 3 is 2.47 bits per heavy atom. The van der Waals surface area contributed by atoms with Gasteiger partial charge in [0.15, 0.2) is 0 Å². The molecule has 2 rings (SSSR count). The summed E-state index contributed by atoms with van der Waals surface area (Å²) in [6.45, 7) is 0. The first-order valence-electron chi connectivity index (χ1n) is 4.65. The number of hydrogen-bond acceptors (Lipinski definition) is 2. The number of benzene rings is 1. The molecule has 0 aliphatic rings. The first-order valence-corrected chi connectivity index (χ1v) is 6.60. The van der Waals surface area contributed by atoms with Crippen LogP contribution in [-0.2, 0) is 0 Å². The Labute approximate surface area is 117 Å². The molecule has 0 bridgehead atoms. The van der Waals surface area contributed by atoms with Crippen molar-refractivity contribution in [3.8, 4) is 0 Å². The largest absolute Gasteiger partial charge is 0.320 e. The zero-order chi connectivity index (χ0) is 12.6. The van der Waals surface area contributed by atoms with Crippen LogP contribution in [0.3, 0.4) is 0 Å². The van der Waals surface area contributed by atoms with Crippen LogP contribution in [0.1, 0.15) is 17.2 Å². The van der Waals surface area contributed by atoms with Gasteiger partial charge in [-0.25, -0.2) is 4.39 Å². The Bertz CT molecular complexity index is 556. The van der Waals surface area contributed by atoms with Crippen molar-refractivity contribution in [1.29, 1.82) is 0 Å². The van der Waals surface area contributed by atoms with Crippen LogP contribution in [0, 0.1) is 5.82 Å². The molecule has 0 aliphatic carbocycles. The second kappa shape index (κ2) is 5.12. The summed E-state index contributed by atoms with van der Waals surface area (Å²) >= 11 is 18.7. The summed E-state index contributed by atoms with van der Waals surface area (Å²) in [6.07, 6.45) is 0. The van der Waals surface area contributed by atoms with Crippen LogP contribution in [-0.4, -0.2) is 0 Å². The van der Waals surface area contributed by atoms with E-state index in [1.54, 1.807) is 18.2 Å². The van der Waals surface area contributed by atoms with E-state index in [4.69, 9.17) is 40.5 Å². The predicted molar refractivity (Wildman–Crippen MR) is 71.8 cm³/mol. The van der Waals surface area contributed by atoms with Crippen molar-refractivity contribution >= 4 is 46.1 Å². The second-order valence-corrected chi connectivity index (χ2v) is 6.09. The van der Waals surface area contributed by atoms with Gasteiger partial charge >= 0.3 is 0 Å². The van der Waals surface area contributed by atoms with Crippen molar-refractivity contribution in [2.75, 3.05) is 0 Å². The van der Waals surface area contributed by atoms with Crippen molar-refractivity contribution in [3.63, 3.8) is 0 Å². The van der Waals surface area contributed by atoms with E-state index in [1.807, 2.05) is 0 Å². The Morgan fingerprint density at radius 2 is 1.88 bits per heavy atom. The Hall–Kier alpha value is -0.320. The molecule has 0 aliphatic heterocycles. The summed E-state index contributed by atoms with van der Waals surface area (Å²) in [4.78, 5) is 0. The van der Waals surface area contributed by atoms with Crippen LogP contribution < -0.4 is 5.73 Å². The van der Waals surface area contributed by atoms with E-state index in [9.17, 15) is 4.39 Å². The molecule has 0 fully saturated rings. The molecule has 0 saturated heterocycles. The van der Waals surface area contributed by atoms with E-state index < -0.39 is 11.9 Å². The van der Waals surface area contributed by atoms with E-state index >= 15 is 0 Å². The molecule has 90 valence electrons. The molecule has 1 atom stereocenters. The minimum Gasteiger partial charge on any atom is -0.320 e. The second-order valence-electron chi connectivity index (χ2n) is 3.40. The lowest BCUT2D eigenvalue weighted by molar-refractivity contribution is 0.600. The molecule has 1 aromatic heterocycles. The van der Waals surface area contributed by atoms with Crippen molar-refractivity contribution in [3.05, 3.63) is 54.9 Å². The summed E-state index contributed by atoms with van der Waals surface area (Å²) in [5.74, 6) is -0.528. The van der Waals surface area contributed by atoms with Gasteiger partial charge < -0.3 is 5.73 Å². The van der Waals surface area contributed by atoms with Gasteiger partial charge in [-0.2, -0.15) is 0 Å². The lowest BCUT2D eigenvalue weighted by atomic mass is 10.0. The molecule has 1 aromatic carbocycles. The maximum atomic E-state index is 13.8. The van der Waals surface area contributed by atoms with Crippen molar-refractivity contribution < 1.29 is 4.39 Å². The molecule has 6 heteroatoms. The topological polar surface area (TPSA) is 26.0 Å². The van der Waals surface area contributed by atoms with Crippen LogP contribution in [0.15, 0.2) is 24.3 Å². The normalized spacial score (nSPS) is 12.8. The highest BCUT2D eigenvalue weighted by molar-refractivity contribution is 7.20. The molecular formula is C11H7Cl3FNS. The SMILES string of the molecule is NC(c1cc(Cl)sc1Cl)c1cccc(Cl)c1F. The highest BCUT2D eigenvalue weighted by Gasteiger charge is 2.19. The number of nitrogens with two attached hydrogens (primary N) is 1. The molecule has 1 heterocycles. The molecule has 1 unspecified atom stereocenters. The summed E-state index contributed by atoms with van der Waals surface area (Å²) in [6, 6.07) is 5.65. The molecule has 0 spiro atoms. The van der Waals surface area contributed by atoms with E-state index in [0.717, 1.165) is 0 Å². The highest BCUT2D eigenvalue weighted by Crippen LogP contribution is 2.37. The van der Waals surface area contributed by atoms with Gasteiger partial charge in [-0.1, -0.05) is 46.9 Å². The van der Waals surface area contributed by atoms with Crippen molar-refractivity contribution in [2.24, 2.45) is 5.73 Å². The Kier molecular flexibility index (Phi) is 3.95. The number of hydrogen-bond donors (Lipinski definition) is 1. The third-order valence-corrected chi connectivity index (χ3v) is 4.14. The minimum absolute atomic E-state index is 0.0374. The van der Waals surface area contributed by atoms with Gasteiger partial charge in [-0.15, -0.1) is 11.3 Å². The average molecular weight is 311 g/mol. The lowest BCUT2D eigenvalue weighted by Gasteiger charge is -2.12. The van der Waals surface area contributed by atoms with Crippen LogP contribution in [0.4, 0.5) is 4.39 Å². The zero-order valence-corrected chi connectivity index (χ0v) is 11.5. The van der Waals surface area contributed by atoms with Gasteiger partial charge in [0, 0.05) is 11.1 Å². The number of halogens is 4. The fourth-order valence-corrected chi connectivity index (χ4v) is 3.22. The van der Waals surface area contributed by atoms with E-state index in [0.29, 0.717) is 19.8 Å². The molecule has 2 N–H and O–H groups in total. The summed E-state index contributed by atoms with van der Waals surface area (Å²) < 4.78 is 14.8. The summed E-state index contributed by atoms with van der Waals surface area (Å²) in [5, 5.41) is 0.0374. The highest BCUT2D eigenvalue weighted by atomic mass is 35.5. The lowest BCUT2D eigenvalue weighted by Crippen LogP contribution is -2.13. The maximum Gasteiger partial charge on any atom is 0.146 e. The van der Waals surface area contributed by atoms with Crippen molar-refractivity contribution in [1.82, 2.24) is 0 Å². The van der Waals surface area contributed by atoms with E-state index in [2.05, 4.69) is 0 Å². The number of thiophene rings is 1. The van der Waals surface area contributed by atoms with Crippen LogP contribution >= 0.6 is 46.1 Å². The van der Waals surface area contributed by atoms with Crippen LogP contribution in [0.2, 0.25) is 13.7 Å². The van der Waals surface area contributed by atoms with Gasteiger partial charge in [-0.05, 0) is 12.1 Å². The molecule has 2 aromatic rings. The molecule has 17 heavy (non-hydrogen) atoms. The zero-order valence-electron chi connectivity index (χ0n) is 8.38. The van der Waals surface area contributed by atoms with E-state index in [1.165, 1.54) is 17.4 Å². The van der Waals surface area contributed by atoms with Crippen LogP contribution in [0.25, 0.3) is 0 Å². The molecule has 0 radical (unpaired) electrons. The first-order chi connectivity index (χ1) is 8.00. The Balaban J connectivity index is 2.47. The van der Waals surface area contributed by atoms with Gasteiger partial charge in [0.25, 0.3) is 0 Å². The van der Waals surface area contributed by atoms with E-state index in [-0.39, 0.29) is 5.02 Å². The van der Waals surface area contributed by atoms with Gasteiger partial charge in [0.05, 0.1) is 19.7 Å². The van der Waals surface area contributed by atoms with Crippen LogP contribution in [0.5, 0.6) is 0 Å². The number of rotatable bonds is 2. The van der Waals surface area contributed by atoms with Crippen molar-refractivity contribution in [2.45, 2.75) is 6.04 Å². The first kappa shape index (κ1) is 13.1. The molecule has 1 nitrogen and oxygen atoms in total. The summed E-state index contributed by atoms with van der Waals surface area (Å²) in [5.41, 5.74) is 6.86. The third kappa shape index (κ3) is 2.59. The maximum absolute atomic E-state index is 13.8. The van der Waals surface area contributed by atoms with Gasteiger partial charge in [-0.3, -0.25) is 0 Å². The molecule has 0 saturated carbocycles. The predicted octanol–water partition coefficient (Wildman–Crippen LogP) is 4.90. The monoisotopic (exact) mass is 309 g/mol. The third-order valence-electron chi connectivity index (χ3n) is 2.33. The average Bonchev–Trinajstić information content (AvgIpc) is 2.61. The summed E-state index contributed by atoms with van der Waals surface area (Å²) in [7, 11) is 0. The fourth-order valence-electron chi connectivity index (χ4n) is 1.49. The molecular weight excluding hydrogens is 304 g/mol. The van der Waals surface area contributed by atoms with Gasteiger partial charge in [0.2, 0.25) is 0 Å². The quantitative estimate of drug-likeness (QED) is 0.839. The molecule has 0 amide bonds.